The number of ketones is 1. The van der Waals surface area contributed by atoms with Crippen LogP contribution in [0.4, 0.5) is 5.69 Å². The predicted molar refractivity (Wildman–Crippen MR) is 102 cm³/mol. The highest BCUT2D eigenvalue weighted by Crippen LogP contribution is 2.26. The summed E-state index contributed by atoms with van der Waals surface area (Å²) in [6.45, 7) is 0. The largest absolute Gasteiger partial charge is 0.476 e. The second kappa shape index (κ2) is 6.77. The molecule has 0 unspecified atom stereocenters. The highest BCUT2D eigenvalue weighted by atomic mass is 79.9. The van der Waals surface area contributed by atoms with Gasteiger partial charge in [-0.1, -0.05) is 31.9 Å². The number of fused-ring (bicyclic) bond motifs is 2. The Kier molecular flexibility index (Phi) is 4.69. The molecule has 7 nitrogen and oxygen atoms in total. The van der Waals surface area contributed by atoms with Crippen LogP contribution in [0.1, 0.15) is 23.7 Å². The number of nitrogens with zero attached hydrogens (tertiary/aromatic N) is 1. The molecule has 1 aliphatic heterocycles. The van der Waals surface area contributed by atoms with Crippen molar-refractivity contribution in [3.8, 4) is 0 Å². The van der Waals surface area contributed by atoms with Gasteiger partial charge in [0.2, 0.25) is 0 Å². The minimum Gasteiger partial charge on any atom is -0.476 e. The van der Waals surface area contributed by atoms with Gasteiger partial charge in [-0.15, -0.1) is 0 Å². The van der Waals surface area contributed by atoms with E-state index in [9.17, 15) is 14.4 Å². The van der Waals surface area contributed by atoms with Gasteiger partial charge in [-0.2, -0.15) is 5.10 Å². The number of H-pyrrole nitrogens is 1. The molecule has 3 aromatic rings. The van der Waals surface area contributed by atoms with Crippen LogP contribution in [0.3, 0.4) is 0 Å². The molecule has 1 aromatic heterocycles. The number of hydrogen-bond acceptors (Lipinski definition) is 4. The summed E-state index contributed by atoms with van der Waals surface area (Å²) < 4.78 is 1.73. The van der Waals surface area contributed by atoms with Crippen molar-refractivity contribution in [2.45, 2.75) is 0 Å². The van der Waals surface area contributed by atoms with E-state index < -0.39 is 17.7 Å². The van der Waals surface area contributed by atoms with Gasteiger partial charge in [0.15, 0.2) is 5.69 Å². The summed E-state index contributed by atoms with van der Waals surface area (Å²) in [7, 11) is 0. The highest BCUT2D eigenvalue weighted by molar-refractivity contribution is 9.10. The van der Waals surface area contributed by atoms with Crippen LogP contribution in [-0.4, -0.2) is 33.0 Å². The number of carbonyl (C=O) groups excluding carboxylic acids is 2. The zero-order valence-corrected chi connectivity index (χ0v) is 15.5. The van der Waals surface area contributed by atoms with E-state index in [1.54, 1.807) is 36.4 Å². The van der Waals surface area contributed by atoms with E-state index in [0.29, 0.717) is 22.2 Å². The first-order chi connectivity index (χ1) is 11.9. The number of benzene rings is 2. The Bertz CT molecular complexity index is 1040. The predicted octanol–water partition coefficient (Wildman–Crippen LogP) is 4.10. The van der Waals surface area contributed by atoms with E-state index in [2.05, 4.69) is 47.4 Å². The molecule has 0 saturated heterocycles. The molecule has 25 heavy (non-hydrogen) atoms. The van der Waals surface area contributed by atoms with Crippen molar-refractivity contribution in [1.29, 1.82) is 0 Å². The zero-order valence-electron chi connectivity index (χ0n) is 12.3. The minimum absolute atomic E-state index is 0. The lowest BCUT2D eigenvalue weighted by atomic mass is 10.1. The Morgan fingerprint density at radius 3 is 2.48 bits per heavy atom. The molecule has 0 atom stereocenters. The summed E-state index contributed by atoms with van der Waals surface area (Å²) in [6.07, 6.45) is 0. The highest BCUT2D eigenvalue weighted by Gasteiger charge is 2.27. The molecule has 0 saturated carbocycles. The number of aromatic nitrogens is 2. The monoisotopic (exact) mass is 469 g/mol. The van der Waals surface area contributed by atoms with Crippen molar-refractivity contribution in [2.24, 2.45) is 0 Å². The van der Waals surface area contributed by atoms with Crippen LogP contribution >= 0.6 is 31.9 Å². The first kappa shape index (κ1) is 17.3. The third-order valence-electron chi connectivity index (χ3n) is 3.41. The van der Waals surface area contributed by atoms with Crippen molar-refractivity contribution in [3.63, 3.8) is 0 Å². The van der Waals surface area contributed by atoms with Gasteiger partial charge in [-0.05, 0) is 36.4 Å². The van der Waals surface area contributed by atoms with Crippen LogP contribution in [0.25, 0.3) is 10.9 Å². The summed E-state index contributed by atoms with van der Waals surface area (Å²) in [6, 6.07) is 10.3. The first-order valence-corrected chi connectivity index (χ1v) is 8.47. The van der Waals surface area contributed by atoms with Crippen molar-refractivity contribution >= 4 is 66.1 Å². The average Bonchev–Trinajstić information content (AvgIpc) is 3.09. The molecule has 0 bridgehead atoms. The molecule has 0 radical (unpaired) electrons. The molecular weight excluding hydrogens is 458 g/mol. The first-order valence-electron chi connectivity index (χ1n) is 6.89. The van der Waals surface area contributed by atoms with Gasteiger partial charge in [0.1, 0.15) is 0 Å². The van der Waals surface area contributed by atoms with E-state index in [1.807, 2.05) is 0 Å². The lowest BCUT2D eigenvalue weighted by Gasteiger charge is -1.95. The topological polar surface area (TPSA) is 112 Å². The number of aromatic amines is 1. The Labute approximate surface area is 160 Å². The van der Waals surface area contributed by atoms with E-state index in [1.165, 1.54) is 0 Å². The van der Waals surface area contributed by atoms with Gasteiger partial charge in [0, 0.05) is 17.2 Å². The summed E-state index contributed by atoms with van der Waals surface area (Å²) in [5, 5.41) is 18.2. The molecule has 4 rings (SSSR count). The number of carbonyl (C=O) groups is 3. The number of carboxylic acid groups (broad SMARTS) is 1. The number of aromatic carboxylic acids is 1. The zero-order chi connectivity index (χ0) is 18.1. The van der Waals surface area contributed by atoms with Crippen LogP contribution in [0.15, 0.2) is 45.3 Å². The maximum atomic E-state index is 11.1. The summed E-state index contributed by atoms with van der Waals surface area (Å²) in [5.74, 6) is -2.03. The number of hydrogen-bond donors (Lipinski definition) is 3. The third-order valence-corrected chi connectivity index (χ3v) is 4.39. The Hall–Kier alpha value is -2.52. The van der Waals surface area contributed by atoms with E-state index in [0.717, 1.165) is 8.95 Å². The second-order valence-electron chi connectivity index (χ2n) is 5.04. The number of nitrogens with one attached hydrogen (secondary N) is 2. The quantitative estimate of drug-likeness (QED) is 0.463. The Morgan fingerprint density at radius 2 is 1.76 bits per heavy atom. The number of anilines is 1. The lowest BCUT2D eigenvalue weighted by Crippen LogP contribution is -2.12. The van der Waals surface area contributed by atoms with Gasteiger partial charge in [0.25, 0.3) is 11.7 Å². The molecule has 2 heterocycles. The van der Waals surface area contributed by atoms with Crippen LogP contribution < -0.4 is 5.32 Å². The maximum Gasteiger partial charge on any atom is 0.357 e. The normalized spacial score (nSPS) is 12.4. The second-order valence-corrected chi connectivity index (χ2v) is 6.87. The van der Waals surface area contributed by atoms with Crippen LogP contribution in [0, 0.1) is 0 Å². The Morgan fingerprint density at radius 1 is 1.08 bits per heavy atom. The van der Waals surface area contributed by atoms with E-state index in [-0.39, 0.29) is 8.55 Å². The van der Waals surface area contributed by atoms with Gasteiger partial charge in [0.05, 0.1) is 16.8 Å². The molecule has 9 heteroatoms. The molecule has 130 valence electrons. The average molecular weight is 471 g/mol. The van der Waals surface area contributed by atoms with Gasteiger partial charge in [-0.25, -0.2) is 4.79 Å². The third kappa shape index (κ3) is 3.47. The van der Waals surface area contributed by atoms with Crippen LogP contribution in [-0.2, 0) is 4.79 Å². The summed E-state index contributed by atoms with van der Waals surface area (Å²) >= 11 is 6.53. The molecule has 0 aliphatic carbocycles. The SMILES string of the molecule is O=C(O)c1n[nH]c2cc(Br)ccc12.O=C1Nc2cc(Br)ccc2C1=O.[HH].[HH]. The molecular formula is C16H13Br2N3O4. The van der Waals surface area contributed by atoms with E-state index >= 15 is 0 Å². The molecule has 1 aliphatic rings. The fraction of sp³-hybridized carbons (Fsp3) is 0. The number of Topliss-reactive ketones (excluding diaryl/α,β-unsaturated/α-hetero) is 1. The molecule has 1 amide bonds. The van der Waals surface area contributed by atoms with Crippen LogP contribution in [0.2, 0.25) is 0 Å². The lowest BCUT2D eigenvalue weighted by molar-refractivity contribution is -0.112. The van der Waals surface area contributed by atoms with Crippen LogP contribution in [0.5, 0.6) is 0 Å². The van der Waals surface area contributed by atoms with Gasteiger partial charge in [-0.3, -0.25) is 14.7 Å². The molecule has 2 aromatic carbocycles. The summed E-state index contributed by atoms with van der Waals surface area (Å²) in [4.78, 5) is 32.6. The fourth-order valence-electron chi connectivity index (χ4n) is 2.27. The fourth-order valence-corrected chi connectivity index (χ4v) is 3.00. The van der Waals surface area contributed by atoms with Crippen molar-refractivity contribution in [2.75, 3.05) is 5.32 Å². The Balaban J connectivity index is 0.000000252. The van der Waals surface area contributed by atoms with Crippen molar-refractivity contribution in [1.82, 2.24) is 10.2 Å². The number of halogens is 2. The molecule has 0 spiro atoms. The van der Waals surface area contributed by atoms with Gasteiger partial charge < -0.3 is 10.4 Å². The number of rotatable bonds is 1. The number of carboxylic acids is 1. The van der Waals surface area contributed by atoms with Gasteiger partial charge >= 0.3 is 5.97 Å². The smallest absolute Gasteiger partial charge is 0.357 e. The number of amides is 1. The standard InChI is InChI=1S/C8H5BrN2O2.C8H4BrNO2.2H2/c9-4-1-2-5-6(3-4)10-11-7(5)8(12)13;9-4-1-2-5-6(3-4)10-8(12)7(5)11;;/h1-3H,(H,10,11)(H,12,13);1-3H,(H,10,11,12);2*1H. The molecule has 0 fully saturated rings. The van der Waals surface area contributed by atoms with E-state index in [4.69, 9.17) is 5.11 Å². The van der Waals surface area contributed by atoms with Crippen molar-refractivity contribution in [3.05, 3.63) is 56.6 Å². The summed E-state index contributed by atoms with van der Waals surface area (Å²) in [5.41, 5.74) is 1.80. The van der Waals surface area contributed by atoms with Crippen molar-refractivity contribution < 1.29 is 22.3 Å². The molecule has 3 N–H and O–H groups in total. The minimum atomic E-state index is -1.02. The maximum absolute atomic E-state index is 11.1.